The number of aryl methyl sites for hydroxylation is 2. The minimum atomic E-state index is -1.55. The van der Waals surface area contributed by atoms with Crippen LogP contribution in [-0.2, 0) is 17.6 Å². The van der Waals surface area contributed by atoms with Gasteiger partial charge < -0.3 is 15.5 Å². The van der Waals surface area contributed by atoms with E-state index in [9.17, 15) is 9.59 Å². The molecule has 6 heteroatoms. The maximum absolute atomic E-state index is 11.8. The van der Waals surface area contributed by atoms with Crippen LogP contribution in [0.2, 0.25) is 0 Å². The molecule has 0 aromatic carbocycles. The number of rotatable bonds is 4. The molecule has 0 spiro atoms. The van der Waals surface area contributed by atoms with E-state index in [2.05, 4.69) is 5.32 Å². The first-order valence-corrected chi connectivity index (χ1v) is 6.70. The number of hydrogen-bond donors (Lipinski definition) is 3. The van der Waals surface area contributed by atoms with Gasteiger partial charge in [0.1, 0.15) is 0 Å². The van der Waals surface area contributed by atoms with Crippen molar-refractivity contribution < 1.29 is 19.8 Å². The Labute approximate surface area is 108 Å². The fourth-order valence-electron chi connectivity index (χ4n) is 1.97. The number of carboxylic acids is 1. The average Bonchev–Trinajstić information content (AvgIpc) is 2.79. The molecule has 3 N–H and O–H groups in total. The van der Waals surface area contributed by atoms with Crippen molar-refractivity contribution in [1.82, 2.24) is 5.32 Å². The van der Waals surface area contributed by atoms with Gasteiger partial charge >= 0.3 is 5.97 Å². The second-order valence-electron chi connectivity index (χ2n) is 4.33. The van der Waals surface area contributed by atoms with E-state index in [-0.39, 0.29) is 12.5 Å². The Hall–Kier alpha value is -1.40. The molecule has 1 atom stereocenters. The van der Waals surface area contributed by atoms with Gasteiger partial charge in [0.05, 0.1) is 11.4 Å². The van der Waals surface area contributed by atoms with E-state index in [1.165, 1.54) is 21.8 Å². The standard InChI is InChI=1S/C12H15NO4S/c14-8(12(16)17)6-13-11(15)10-5-7-3-1-2-4-9(7)18-10/h5,8,14H,1-4,6H2,(H,13,15)(H,16,17). The van der Waals surface area contributed by atoms with Gasteiger partial charge in [-0.05, 0) is 37.3 Å². The number of carbonyl (C=O) groups is 2. The number of aliphatic hydroxyl groups is 1. The molecule has 0 fully saturated rings. The Kier molecular flexibility index (Phi) is 3.98. The van der Waals surface area contributed by atoms with Crippen LogP contribution in [0.15, 0.2) is 6.07 Å². The number of fused-ring (bicyclic) bond motifs is 1. The van der Waals surface area contributed by atoms with E-state index < -0.39 is 12.1 Å². The minimum Gasteiger partial charge on any atom is -0.479 e. The SMILES string of the molecule is O=C(NCC(O)C(=O)O)c1cc2c(s1)CCCC2. The monoisotopic (exact) mass is 269 g/mol. The lowest BCUT2D eigenvalue weighted by Crippen LogP contribution is -2.36. The Morgan fingerprint density at radius 2 is 2.11 bits per heavy atom. The molecule has 1 amide bonds. The van der Waals surface area contributed by atoms with Gasteiger partial charge in [-0.2, -0.15) is 0 Å². The highest BCUT2D eigenvalue weighted by molar-refractivity contribution is 7.14. The molecule has 0 saturated heterocycles. The van der Waals surface area contributed by atoms with Crippen molar-refractivity contribution in [2.75, 3.05) is 6.54 Å². The summed E-state index contributed by atoms with van der Waals surface area (Å²) in [5.41, 5.74) is 1.23. The lowest BCUT2D eigenvalue weighted by molar-refractivity contribution is -0.146. The molecule has 1 unspecified atom stereocenters. The highest BCUT2D eigenvalue weighted by atomic mass is 32.1. The zero-order chi connectivity index (χ0) is 13.1. The number of amides is 1. The molecule has 1 aromatic heterocycles. The van der Waals surface area contributed by atoms with Crippen molar-refractivity contribution >= 4 is 23.2 Å². The number of thiophene rings is 1. The van der Waals surface area contributed by atoms with Crippen LogP contribution in [0.1, 0.15) is 33.0 Å². The number of aliphatic carboxylic acids is 1. The summed E-state index contributed by atoms with van der Waals surface area (Å²) < 4.78 is 0. The summed E-state index contributed by atoms with van der Waals surface area (Å²) in [6, 6.07) is 1.88. The van der Waals surface area contributed by atoms with Gasteiger partial charge in [-0.3, -0.25) is 4.79 Å². The number of nitrogens with one attached hydrogen (secondary N) is 1. The quantitative estimate of drug-likeness (QED) is 0.754. The van der Waals surface area contributed by atoms with Gasteiger partial charge in [0.2, 0.25) is 0 Å². The lowest BCUT2D eigenvalue weighted by Gasteiger charge is -2.08. The van der Waals surface area contributed by atoms with Crippen molar-refractivity contribution in [3.63, 3.8) is 0 Å². The Morgan fingerprint density at radius 3 is 2.78 bits per heavy atom. The largest absolute Gasteiger partial charge is 0.479 e. The number of aliphatic hydroxyl groups excluding tert-OH is 1. The summed E-state index contributed by atoms with van der Waals surface area (Å²) in [7, 11) is 0. The zero-order valence-electron chi connectivity index (χ0n) is 9.81. The van der Waals surface area contributed by atoms with E-state index in [1.54, 1.807) is 0 Å². The van der Waals surface area contributed by atoms with Crippen molar-refractivity contribution in [3.8, 4) is 0 Å². The van der Waals surface area contributed by atoms with Gasteiger partial charge in [0.25, 0.3) is 5.91 Å². The third kappa shape index (κ3) is 2.88. The van der Waals surface area contributed by atoms with Crippen LogP contribution in [0.25, 0.3) is 0 Å². The van der Waals surface area contributed by atoms with E-state index in [0.717, 1.165) is 25.7 Å². The van der Waals surface area contributed by atoms with Crippen LogP contribution in [0.3, 0.4) is 0 Å². The topological polar surface area (TPSA) is 86.6 Å². The van der Waals surface area contributed by atoms with Gasteiger partial charge in [0.15, 0.2) is 6.10 Å². The van der Waals surface area contributed by atoms with Crippen LogP contribution in [0.5, 0.6) is 0 Å². The number of carboxylic acid groups (broad SMARTS) is 1. The van der Waals surface area contributed by atoms with Crippen molar-refractivity contribution in [2.24, 2.45) is 0 Å². The molecule has 1 heterocycles. The fourth-order valence-corrected chi connectivity index (χ4v) is 3.14. The minimum absolute atomic E-state index is 0.267. The van der Waals surface area contributed by atoms with Gasteiger partial charge in [-0.1, -0.05) is 0 Å². The van der Waals surface area contributed by atoms with E-state index >= 15 is 0 Å². The molecule has 0 aliphatic heterocycles. The van der Waals surface area contributed by atoms with E-state index in [4.69, 9.17) is 10.2 Å². The van der Waals surface area contributed by atoms with E-state index in [0.29, 0.717) is 4.88 Å². The van der Waals surface area contributed by atoms with Gasteiger partial charge in [-0.15, -0.1) is 11.3 Å². The smallest absolute Gasteiger partial charge is 0.334 e. The summed E-state index contributed by atoms with van der Waals surface area (Å²) >= 11 is 1.46. The summed E-state index contributed by atoms with van der Waals surface area (Å²) in [6.45, 7) is -0.267. The molecule has 0 radical (unpaired) electrons. The number of carbonyl (C=O) groups excluding carboxylic acids is 1. The molecule has 2 rings (SSSR count). The molecule has 98 valence electrons. The molecule has 18 heavy (non-hydrogen) atoms. The van der Waals surface area contributed by atoms with Gasteiger partial charge in [-0.25, -0.2) is 4.79 Å². The summed E-state index contributed by atoms with van der Waals surface area (Å²) in [5.74, 6) is -1.64. The predicted molar refractivity (Wildman–Crippen MR) is 66.9 cm³/mol. The molecule has 0 saturated carbocycles. The predicted octanol–water partition coefficient (Wildman–Crippen LogP) is 0.802. The fraction of sp³-hybridized carbons (Fsp3) is 0.500. The third-order valence-corrected chi connectivity index (χ3v) is 4.20. The third-order valence-electron chi connectivity index (χ3n) is 2.96. The average molecular weight is 269 g/mol. The first kappa shape index (κ1) is 13.0. The summed E-state index contributed by atoms with van der Waals surface area (Å²) in [4.78, 5) is 24.0. The van der Waals surface area contributed by atoms with Crippen molar-refractivity contribution in [3.05, 3.63) is 21.4 Å². The van der Waals surface area contributed by atoms with Crippen LogP contribution in [-0.4, -0.2) is 34.7 Å². The first-order chi connectivity index (χ1) is 8.58. The second-order valence-corrected chi connectivity index (χ2v) is 5.47. The van der Waals surface area contributed by atoms with Gasteiger partial charge in [0, 0.05) is 4.88 Å². The molecule has 1 aliphatic rings. The second kappa shape index (κ2) is 5.49. The maximum Gasteiger partial charge on any atom is 0.334 e. The Bertz CT molecular complexity index is 445. The van der Waals surface area contributed by atoms with Crippen LogP contribution >= 0.6 is 11.3 Å². The molecule has 5 nitrogen and oxygen atoms in total. The summed E-state index contributed by atoms with van der Waals surface area (Å²) in [6.07, 6.45) is 2.79. The number of hydrogen-bond acceptors (Lipinski definition) is 4. The molecule has 1 aromatic rings. The van der Waals surface area contributed by atoms with Crippen molar-refractivity contribution in [1.29, 1.82) is 0 Å². The zero-order valence-corrected chi connectivity index (χ0v) is 10.6. The molecular formula is C12H15NO4S. The van der Waals surface area contributed by atoms with Crippen molar-refractivity contribution in [2.45, 2.75) is 31.8 Å². The highest BCUT2D eigenvalue weighted by Gasteiger charge is 2.19. The molecule has 0 bridgehead atoms. The molecular weight excluding hydrogens is 254 g/mol. The van der Waals surface area contributed by atoms with E-state index in [1.807, 2.05) is 6.07 Å². The highest BCUT2D eigenvalue weighted by Crippen LogP contribution is 2.29. The van der Waals surface area contributed by atoms with Crippen LogP contribution in [0.4, 0.5) is 0 Å². The Balaban J connectivity index is 1.97. The van der Waals surface area contributed by atoms with Crippen LogP contribution in [0, 0.1) is 0 Å². The lowest BCUT2D eigenvalue weighted by atomic mass is 9.99. The maximum atomic E-state index is 11.8. The first-order valence-electron chi connectivity index (χ1n) is 5.88. The normalized spacial score (nSPS) is 15.8. The Morgan fingerprint density at radius 1 is 1.39 bits per heavy atom. The summed E-state index contributed by atoms with van der Waals surface area (Å²) in [5, 5.41) is 20.0. The van der Waals surface area contributed by atoms with Crippen LogP contribution < -0.4 is 5.32 Å². The molecule has 1 aliphatic carbocycles.